The van der Waals surface area contributed by atoms with Gasteiger partial charge in [0.2, 0.25) is 11.8 Å². The highest BCUT2D eigenvalue weighted by Gasteiger charge is 2.18. The molecule has 1 aromatic carbocycles. The third kappa shape index (κ3) is 2.87. The molecule has 1 fully saturated rings. The first-order chi connectivity index (χ1) is 8.68. The van der Waals surface area contributed by atoms with Gasteiger partial charge in [0, 0.05) is 18.7 Å². The standard InChI is InChI=1S/C13H16N2O3/c14-13(17)11-4-2-1-3-10(11)9-12(16)15-5-7-18-8-6-15/h1-4H,5-9H2,(H2,14,17). The largest absolute Gasteiger partial charge is 0.378 e. The van der Waals surface area contributed by atoms with Crippen molar-refractivity contribution in [3.05, 3.63) is 35.4 Å². The lowest BCUT2D eigenvalue weighted by Crippen LogP contribution is -2.41. The van der Waals surface area contributed by atoms with Crippen LogP contribution in [0.25, 0.3) is 0 Å². The van der Waals surface area contributed by atoms with Gasteiger partial charge in [0.05, 0.1) is 19.6 Å². The van der Waals surface area contributed by atoms with Crippen molar-refractivity contribution >= 4 is 11.8 Å². The van der Waals surface area contributed by atoms with Crippen LogP contribution in [0.5, 0.6) is 0 Å². The molecule has 1 aliphatic heterocycles. The molecule has 1 aromatic rings. The molecule has 0 atom stereocenters. The molecule has 0 aliphatic carbocycles. The number of hydrogen-bond donors (Lipinski definition) is 1. The van der Waals surface area contributed by atoms with E-state index < -0.39 is 5.91 Å². The average molecular weight is 248 g/mol. The third-order valence-electron chi connectivity index (χ3n) is 2.99. The number of rotatable bonds is 3. The minimum absolute atomic E-state index is 0.00648. The number of nitrogens with two attached hydrogens (primary N) is 1. The summed E-state index contributed by atoms with van der Waals surface area (Å²) in [6, 6.07) is 6.94. The summed E-state index contributed by atoms with van der Waals surface area (Å²) in [4.78, 5) is 25.1. The molecule has 0 spiro atoms. The molecule has 1 saturated heterocycles. The first kappa shape index (κ1) is 12.6. The molecular weight excluding hydrogens is 232 g/mol. The zero-order valence-electron chi connectivity index (χ0n) is 10.1. The van der Waals surface area contributed by atoms with Crippen LogP contribution >= 0.6 is 0 Å². The van der Waals surface area contributed by atoms with Crippen molar-refractivity contribution in [2.45, 2.75) is 6.42 Å². The second-order valence-corrected chi connectivity index (χ2v) is 4.19. The SMILES string of the molecule is NC(=O)c1ccccc1CC(=O)N1CCOCC1. The predicted octanol–water partition coefficient (Wildman–Crippen LogP) is 0.187. The van der Waals surface area contributed by atoms with Crippen molar-refractivity contribution in [2.75, 3.05) is 26.3 Å². The van der Waals surface area contributed by atoms with Crippen molar-refractivity contribution in [1.29, 1.82) is 0 Å². The van der Waals surface area contributed by atoms with Gasteiger partial charge in [-0.15, -0.1) is 0 Å². The van der Waals surface area contributed by atoms with Crippen LogP contribution in [0.2, 0.25) is 0 Å². The van der Waals surface area contributed by atoms with Gasteiger partial charge in [-0.25, -0.2) is 0 Å². The normalized spacial score (nSPS) is 15.4. The summed E-state index contributed by atoms with van der Waals surface area (Å²) < 4.78 is 5.19. The van der Waals surface area contributed by atoms with Crippen LogP contribution in [0.3, 0.4) is 0 Å². The maximum absolute atomic E-state index is 12.1. The molecule has 96 valence electrons. The van der Waals surface area contributed by atoms with Gasteiger partial charge in [-0.2, -0.15) is 0 Å². The molecule has 1 heterocycles. The summed E-state index contributed by atoms with van der Waals surface area (Å²) in [6.07, 6.45) is 0.207. The second-order valence-electron chi connectivity index (χ2n) is 4.19. The molecule has 0 saturated carbocycles. The quantitative estimate of drug-likeness (QED) is 0.829. The lowest BCUT2D eigenvalue weighted by molar-refractivity contribution is -0.134. The second kappa shape index (κ2) is 5.64. The van der Waals surface area contributed by atoms with Crippen LogP contribution < -0.4 is 5.73 Å². The molecule has 2 rings (SSSR count). The minimum atomic E-state index is -0.500. The monoisotopic (exact) mass is 248 g/mol. The van der Waals surface area contributed by atoms with Crippen LogP contribution in [-0.4, -0.2) is 43.0 Å². The molecule has 0 aromatic heterocycles. The van der Waals surface area contributed by atoms with E-state index in [1.807, 2.05) is 0 Å². The number of morpholine rings is 1. The highest BCUT2D eigenvalue weighted by molar-refractivity contribution is 5.95. The van der Waals surface area contributed by atoms with E-state index in [-0.39, 0.29) is 12.3 Å². The number of carbonyl (C=O) groups excluding carboxylic acids is 2. The van der Waals surface area contributed by atoms with E-state index in [2.05, 4.69) is 0 Å². The van der Waals surface area contributed by atoms with Crippen LogP contribution in [0.15, 0.2) is 24.3 Å². The van der Waals surface area contributed by atoms with Gasteiger partial charge < -0.3 is 15.4 Å². The third-order valence-corrected chi connectivity index (χ3v) is 2.99. The van der Waals surface area contributed by atoms with Crippen molar-refractivity contribution in [3.63, 3.8) is 0 Å². The Kier molecular flexibility index (Phi) is 3.94. The van der Waals surface area contributed by atoms with Crippen molar-refractivity contribution in [1.82, 2.24) is 4.90 Å². The summed E-state index contributed by atoms with van der Waals surface area (Å²) in [5, 5.41) is 0. The maximum atomic E-state index is 12.1. The molecule has 1 aliphatic rings. The minimum Gasteiger partial charge on any atom is -0.378 e. The Morgan fingerprint density at radius 3 is 2.56 bits per heavy atom. The number of carbonyl (C=O) groups is 2. The van der Waals surface area contributed by atoms with Gasteiger partial charge in [-0.1, -0.05) is 18.2 Å². The first-order valence-corrected chi connectivity index (χ1v) is 5.91. The Morgan fingerprint density at radius 2 is 1.89 bits per heavy atom. The lowest BCUT2D eigenvalue weighted by Gasteiger charge is -2.27. The fraction of sp³-hybridized carbons (Fsp3) is 0.385. The molecule has 0 radical (unpaired) electrons. The average Bonchev–Trinajstić information content (AvgIpc) is 2.40. The van der Waals surface area contributed by atoms with Crippen molar-refractivity contribution in [2.24, 2.45) is 5.73 Å². The summed E-state index contributed by atoms with van der Waals surface area (Å²) >= 11 is 0. The van der Waals surface area contributed by atoms with Crippen LogP contribution in [0.1, 0.15) is 15.9 Å². The summed E-state index contributed by atoms with van der Waals surface area (Å²) in [7, 11) is 0. The van der Waals surface area contributed by atoms with Gasteiger partial charge in [0.25, 0.3) is 0 Å². The Hall–Kier alpha value is -1.88. The number of amides is 2. The summed E-state index contributed by atoms with van der Waals surface area (Å²) in [5.41, 5.74) is 6.38. The lowest BCUT2D eigenvalue weighted by atomic mass is 10.0. The van der Waals surface area contributed by atoms with E-state index >= 15 is 0 Å². The van der Waals surface area contributed by atoms with E-state index in [0.717, 1.165) is 0 Å². The van der Waals surface area contributed by atoms with Gasteiger partial charge in [-0.3, -0.25) is 9.59 Å². The van der Waals surface area contributed by atoms with Gasteiger partial charge in [0.1, 0.15) is 0 Å². The maximum Gasteiger partial charge on any atom is 0.248 e. The highest BCUT2D eigenvalue weighted by atomic mass is 16.5. The van der Waals surface area contributed by atoms with Gasteiger partial charge >= 0.3 is 0 Å². The van der Waals surface area contributed by atoms with E-state index in [4.69, 9.17) is 10.5 Å². The molecule has 2 amide bonds. The smallest absolute Gasteiger partial charge is 0.248 e. The number of ether oxygens (including phenoxy) is 1. The zero-order chi connectivity index (χ0) is 13.0. The fourth-order valence-electron chi connectivity index (χ4n) is 2.00. The highest BCUT2D eigenvalue weighted by Crippen LogP contribution is 2.11. The van der Waals surface area contributed by atoms with E-state index in [1.54, 1.807) is 29.2 Å². The Bertz CT molecular complexity index is 453. The van der Waals surface area contributed by atoms with Crippen molar-refractivity contribution < 1.29 is 14.3 Å². The summed E-state index contributed by atoms with van der Waals surface area (Å²) in [5.74, 6) is -0.493. The van der Waals surface area contributed by atoms with E-state index in [9.17, 15) is 9.59 Å². The number of nitrogens with zero attached hydrogens (tertiary/aromatic N) is 1. The molecule has 0 bridgehead atoms. The van der Waals surface area contributed by atoms with Crippen molar-refractivity contribution in [3.8, 4) is 0 Å². The Balaban J connectivity index is 2.08. The molecule has 18 heavy (non-hydrogen) atoms. The predicted molar refractivity (Wildman–Crippen MR) is 66.1 cm³/mol. The van der Waals surface area contributed by atoms with Gasteiger partial charge in [0.15, 0.2) is 0 Å². The first-order valence-electron chi connectivity index (χ1n) is 5.91. The molecular formula is C13H16N2O3. The number of benzene rings is 1. The van der Waals surface area contributed by atoms with Crippen LogP contribution in [0.4, 0.5) is 0 Å². The number of primary amides is 1. The fourth-order valence-corrected chi connectivity index (χ4v) is 2.00. The van der Waals surface area contributed by atoms with E-state index in [1.165, 1.54) is 0 Å². The molecule has 5 nitrogen and oxygen atoms in total. The molecule has 0 unspecified atom stereocenters. The molecule has 2 N–H and O–H groups in total. The van der Waals surface area contributed by atoms with E-state index in [0.29, 0.717) is 37.4 Å². The summed E-state index contributed by atoms with van der Waals surface area (Å²) in [6.45, 7) is 2.36. The topological polar surface area (TPSA) is 72.6 Å². The molecule has 5 heteroatoms. The Labute approximate surface area is 106 Å². The van der Waals surface area contributed by atoms with Crippen LogP contribution in [-0.2, 0) is 16.0 Å². The Morgan fingerprint density at radius 1 is 1.22 bits per heavy atom. The number of hydrogen-bond acceptors (Lipinski definition) is 3. The van der Waals surface area contributed by atoms with Crippen LogP contribution in [0, 0.1) is 0 Å². The zero-order valence-corrected chi connectivity index (χ0v) is 10.1. The van der Waals surface area contributed by atoms with Gasteiger partial charge in [-0.05, 0) is 11.6 Å².